The Morgan fingerprint density at radius 3 is 2.50 bits per heavy atom. The van der Waals surface area contributed by atoms with Gasteiger partial charge in [0, 0.05) is 5.92 Å². The highest BCUT2D eigenvalue weighted by Crippen LogP contribution is 2.13. The summed E-state index contributed by atoms with van der Waals surface area (Å²) in [5.41, 5.74) is 0. The summed E-state index contributed by atoms with van der Waals surface area (Å²) in [6.45, 7) is 10.3. The van der Waals surface area contributed by atoms with Crippen LogP contribution >= 0.6 is 0 Å². The second-order valence-corrected chi connectivity index (χ2v) is 2.37. The van der Waals surface area contributed by atoms with Gasteiger partial charge in [0.05, 0.1) is 13.2 Å². The summed E-state index contributed by atoms with van der Waals surface area (Å²) in [4.78, 5) is 0. The highest BCUT2D eigenvalue weighted by Gasteiger charge is 2.17. The van der Waals surface area contributed by atoms with E-state index in [1.807, 2.05) is 0 Å². The number of hydrogen-bond acceptors (Lipinski definition) is 2. The lowest BCUT2D eigenvalue weighted by atomic mass is 10.1. The maximum atomic E-state index is 5.40. The Labute approximate surface area is 61.8 Å². The van der Waals surface area contributed by atoms with Crippen LogP contribution in [0.15, 0.2) is 12.7 Å². The van der Waals surface area contributed by atoms with E-state index in [0.717, 1.165) is 0 Å². The molecule has 1 fully saturated rings. The van der Waals surface area contributed by atoms with Crippen molar-refractivity contribution in [2.75, 3.05) is 13.2 Å². The fourth-order valence-electron chi connectivity index (χ4n) is 0.830. The minimum Gasteiger partial charge on any atom is -0.349 e. The molecule has 2 nitrogen and oxygen atoms in total. The first-order valence-corrected chi connectivity index (χ1v) is 3.42. The number of ether oxygens (including phenoxy) is 2. The Morgan fingerprint density at radius 2 is 2.10 bits per heavy atom. The first-order chi connectivity index (χ1) is 4.86. The summed E-state index contributed by atoms with van der Waals surface area (Å²) < 4.78 is 10.4. The van der Waals surface area contributed by atoms with Crippen molar-refractivity contribution in [1.29, 1.82) is 0 Å². The van der Waals surface area contributed by atoms with Gasteiger partial charge in [0.25, 0.3) is 0 Å². The molecule has 1 aliphatic heterocycles. The van der Waals surface area contributed by atoms with E-state index in [-0.39, 0.29) is 6.29 Å². The van der Waals surface area contributed by atoms with E-state index >= 15 is 0 Å². The maximum Gasteiger partial charge on any atom is 0.176 e. The smallest absolute Gasteiger partial charge is 0.176 e. The molecule has 0 amide bonds. The normalized spacial score (nSPS) is 33.7. The molecular formula is C8H12O2. The SMILES string of the molecule is [CH]CC1COC(C=C)OC1. The van der Waals surface area contributed by atoms with E-state index < -0.39 is 0 Å². The Kier molecular flexibility index (Phi) is 2.90. The highest BCUT2D eigenvalue weighted by atomic mass is 16.7. The third kappa shape index (κ3) is 1.82. The Balaban J connectivity index is 2.23. The summed E-state index contributed by atoms with van der Waals surface area (Å²) in [5.74, 6) is 0.358. The second-order valence-electron chi connectivity index (χ2n) is 2.37. The summed E-state index contributed by atoms with van der Waals surface area (Å²) in [6.07, 6.45) is 2.05. The van der Waals surface area contributed by atoms with Crippen molar-refractivity contribution in [2.24, 2.45) is 5.92 Å². The fraction of sp³-hybridized carbons (Fsp3) is 0.625. The van der Waals surface area contributed by atoms with Crippen LogP contribution in [0.25, 0.3) is 0 Å². The summed E-state index contributed by atoms with van der Waals surface area (Å²) in [5, 5.41) is 0. The van der Waals surface area contributed by atoms with Crippen LogP contribution in [0.4, 0.5) is 0 Å². The molecule has 0 atom stereocenters. The molecule has 0 aromatic rings. The van der Waals surface area contributed by atoms with Gasteiger partial charge < -0.3 is 9.47 Å². The largest absolute Gasteiger partial charge is 0.349 e. The first kappa shape index (κ1) is 7.76. The van der Waals surface area contributed by atoms with Gasteiger partial charge in [-0.15, -0.1) is 0 Å². The van der Waals surface area contributed by atoms with Gasteiger partial charge in [0.15, 0.2) is 6.29 Å². The van der Waals surface area contributed by atoms with Crippen LogP contribution in [-0.4, -0.2) is 19.5 Å². The second kappa shape index (κ2) is 3.74. The van der Waals surface area contributed by atoms with Gasteiger partial charge in [-0.2, -0.15) is 0 Å². The van der Waals surface area contributed by atoms with Gasteiger partial charge in [-0.3, -0.25) is 0 Å². The Bertz CT molecular complexity index is 104. The van der Waals surface area contributed by atoms with E-state index in [4.69, 9.17) is 16.4 Å². The lowest BCUT2D eigenvalue weighted by Crippen LogP contribution is -2.30. The van der Waals surface area contributed by atoms with Crippen molar-refractivity contribution in [3.63, 3.8) is 0 Å². The predicted molar refractivity (Wildman–Crippen MR) is 38.3 cm³/mol. The molecule has 56 valence electrons. The zero-order valence-electron chi connectivity index (χ0n) is 5.95. The van der Waals surface area contributed by atoms with Crippen molar-refractivity contribution >= 4 is 0 Å². The third-order valence-corrected chi connectivity index (χ3v) is 1.52. The van der Waals surface area contributed by atoms with Gasteiger partial charge in [-0.1, -0.05) is 6.58 Å². The minimum absolute atomic E-state index is 0.220. The first-order valence-electron chi connectivity index (χ1n) is 3.42. The average Bonchev–Trinajstić information content (AvgIpc) is 2.05. The van der Waals surface area contributed by atoms with E-state index in [0.29, 0.717) is 25.6 Å². The van der Waals surface area contributed by atoms with Crippen molar-refractivity contribution in [3.05, 3.63) is 19.6 Å². The predicted octanol–water partition coefficient (Wildman–Crippen LogP) is 1.26. The highest BCUT2D eigenvalue weighted by molar-refractivity contribution is 4.76. The zero-order chi connectivity index (χ0) is 7.40. The zero-order valence-corrected chi connectivity index (χ0v) is 5.95. The van der Waals surface area contributed by atoms with E-state index in [9.17, 15) is 0 Å². The van der Waals surface area contributed by atoms with Gasteiger partial charge in [-0.25, -0.2) is 0 Å². The molecule has 1 aliphatic rings. The van der Waals surface area contributed by atoms with Crippen molar-refractivity contribution < 1.29 is 9.47 Å². The number of rotatable bonds is 2. The molecule has 2 radical (unpaired) electrons. The molecule has 0 bridgehead atoms. The van der Waals surface area contributed by atoms with Crippen LogP contribution in [0.1, 0.15) is 6.42 Å². The standard InChI is InChI=1S/C8H12O2/c1-3-7-5-9-8(4-2)10-6-7/h1,4,7-8H,2-3,5-6H2. The lowest BCUT2D eigenvalue weighted by Gasteiger charge is -2.26. The van der Waals surface area contributed by atoms with Gasteiger partial charge in [-0.05, 0) is 19.4 Å². The van der Waals surface area contributed by atoms with Gasteiger partial charge in [0.1, 0.15) is 0 Å². The summed E-state index contributed by atoms with van der Waals surface area (Å²) >= 11 is 0. The van der Waals surface area contributed by atoms with E-state index in [1.165, 1.54) is 0 Å². The summed E-state index contributed by atoms with van der Waals surface area (Å²) in [6, 6.07) is 0. The van der Waals surface area contributed by atoms with Crippen LogP contribution in [0.3, 0.4) is 0 Å². The maximum absolute atomic E-state index is 5.40. The monoisotopic (exact) mass is 140 g/mol. The van der Waals surface area contributed by atoms with Crippen LogP contribution in [0, 0.1) is 12.8 Å². The fourth-order valence-corrected chi connectivity index (χ4v) is 0.830. The molecular weight excluding hydrogens is 128 g/mol. The van der Waals surface area contributed by atoms with Crippen LogP contribution < -0.4 is 0 Å². The Hall–Kier alpha value is -0.340. The van der Waals surface area contributed by atoms with Crippen LogP contribution in [-0.2, 0) is 9.47 Å². The van der Waals surface area contributed by atoms with Gasteiger partial charge >= 0.3 is 0 Å². The average molecular weight is 140 g/mol. The molecule has 1 saturated heterocycles. The molecule has 1 heterocycles. The molecule has 0 aromatic carbocycles. The third-order valence-electron chi connectivity index (χ3n) is 1.52. The molecule has 0 aromatic heterocycles. The molecule has 0 aliphatic carbocycles. The van der Waals surface area contributed by atoms with Crippen molar-refractivity contribution in [3.8, 4) is 0 Å². The van der Waals surface area contributed by atoms with Crippen LogP contribution in [0.5, 0.6) is 0 Å². The molecule has 0 unspecified atom stereocenters. The summed E-state index contributed by atoms with van der Waals surface area (Å²) in [7, 11) is 0. The molecule has 2 heteroatoms. The topological polar surface area (TPSA) is 18.5 Å². The molecule has 10 heavy (non-hydrogen) atoms. The molecule has 0 saturated carbocycles. The Morgan fingerprint density at radius 1 is 1.50 bits per heavy atom. The van der Waals surface area contributed by atoms with E-state index in [1.54, 1.807) is 6.08 Å². The minimum atomic E-state index is -0.220. The molecule has 0 N–H and O–H groups in total. The van der Waals surface area contributed by atoms with E-state index in [2.05, 4.69) is 6.58 Å². The van der Waals surface area contributed by atoms with Gasteiger partial charge in [0.2, 0.25) is 0 Å². The molecule has 1 rings (SSSR count). The molecule has 0 spiro atoms. The van der Waals surface area contributed by atoms with Crippen molar-refractivity contribution in [1.82, 2.24) is 0 Å². The number of hydrogen-bond donors (Lipinski definition) is 0. The van der Waals surface area contributed by atoms with Crippen LogP contribution in [0.2, 0.25) is 0 Å². The lowest BCUT2D eigenvalue weighted by molar-refractivity contribution is -0.173. The quantitative estimate of drug-likeness (QED) is 0.538. The van der Waals surface area contributed by atoms with Crippen molar-refractivity contribution in [2.45, 2.75) is 12.7 Å².